The van der Waals surface area contributed by atoms with Gasteiger partial charge in [0.2, 0.25) is 0 Å². The van der Waals surface area contributed by atoms with Gasteiger partial charge in [0.05, 0.1) is 11.6 Å². The highest BCUT2D eigenvalue weighted by Gasteiger charge is 2.31. The maximum Gasteiger partial charge on any atom is 0.252 e. The molecule has 190 valence electrons. The third kappa shape index (κ3) is 5.41. The molecular formula is C29H38N6O. The molecule has 2 aromatic carbocycles. The summed E-state index contributed by atoms with van der Waals surface area (Å²) in [5.74, 6) is 0.849. The van der Waals surface area contributed by atoms with Crippen molar-refractivity contribution in [3.63, 3.8) is 0 Å². The first-order valence-electron chi connectivity index (χ1n) is 12.9. The summed E-state index contributed by atoms with van der Waals surface area (Å²) >= 11 is 0. The Morgan fingerprint density at radius 3 is 2.56 bits per heavy atom. The fraction of sp³-hybridized carbons (Fsp3) is 0.448. The van der Waals surface area contributed by atoms with Crippen molar-refractivity contribution in [1.82, 2.24) is 30.1 Å². The molecule has 2 heterocycles. The maximum atomic E-state index is 13.1. The van der Waals surface area contributed by atoms with Gasteiger partial charge < -0.3 is 4.98 Å². The molecule has 0 saturated carbocycles. The van der Waals surface area contributed by atoms with Gasteiger partial charge >= 0.3 is 0 Å². The van der Waals surface area contributed by atoms with Crippen LogP contribution in [0.15, 0.2) is 53.3 Å². The minimum Gasteiger partial charge on any atom is -0.322 e. The molecule has 0 aliphatic carbocycles. The highest BCUT2D eigenvalue weighted by atomic mass is 16.1. The number of aryl methyl sites for hydroxylation is 2. The van der Waals surface area contributed by atoms with Crippen molar-refractivity contribution in [1.29, 1.82) is 0 Å². The van der Waals surface area contributed by atoms with Gasteiger partial charge in [-0.2, -0.15) is 0 Å². The molecule has 0 aliphatic rings. The first kappa shape index (κ1) is 25.8. The lowest BCUT2D eigenvalue weighted by molar-refractivity contribution is 0.160. The molecular weight excluding hydrogens is 448 g/mol. The molecule has 2 aromatic heterocycles. The van der Waals surface area contributed by atoms with E-state index in [0.717, 1.165) is 48.1 Å². The molecule has 1 unspecified atom stereocenters. The summed E-state index contributed by atoms with van der Waals surface area (Å²) in [6.07, 6.45) is 2.62. The minimum absolute atomic E-state index is 0.0255. The van der Waals surface area contributed by atoms with E-state index in [0.29, 0.717) is 6.54 Å². The van der Waals surface area contributed by atoms with Gasteiger partial charge in [0, 0.05) is 24.2 Å². The van der Waals surface area contributed by atoms with E-state index in [4.69, 9.17) is 0 Å². The Kier molecular flexibility index (Phi) is 7.69. The normalized spacial score (nSPS) is 13.0. The Morgan fingerprint density at radius 1 is 1.06 bits per heavy atom. The van der Waals surface area contributed by atoms with Crippen LogP contribution in [-0.2, 0) is 18.5 Å². The highest BCUT2D eigenvalue weighted by Crippen LogP contribution is 2.29. The van der Waals surface area contributed by atoms with Crippen molar-refractivity contribution in [3.8, 4) is 0 Å². The number of aromatic amines is 1. The summed E-state index contributed by atoms with van der Waals surface area (Å²) in [7, 11) is 0. The molecule has 1 atom stereocenters. The topological polar surface area (TPSA) is 79.7 Å². The van der Waals surface area contributed by atoms with Gasteiger partial charge in [-0.25, -0.2) is 4.68 Å². The largest absolute Gasteiger partial charge is 0.322 e. The standard InChI is InChI=1S/C29H38N6O/c1-7-26(27-31-32-33-35(27)29(5,6)8-2)34(16-15-22-12-10-9-11-21(22)4)19-24-18-23-17-20(3)13-14-25(23)30-28(24)36/h9-14,17-18,26H,7-8,15-16,19H2,1-6H3,(H,30,36). The van der Waals surface area contributed by atoms with Crippen LogP contribution < -0.4 is 5.56 Å². The molecule has 1 N–H and O–H groups in total. The molecule has 4 aromatic rings. The Labute approximate surface area is 213 Å². The van der Waals surface area contributed by atoms with Crippen LogP contribution >= 0.6 is 0 Å². The number of rotatable bonds is 10. The molecule has 0 radical (unpaired) electrons. The van der Waals surface area contributed by atoms with Crippen molar-refractivity contribution >= 4 is 10.9 Å². The molecule has 0 spiro atoms. The SMILES string of the molecule is CCC(c1nnnn1C(C)(C)CC)N(CCc1ccccc1C)Cc1cc2cc(C)ccc2[nH]c1=O. The first-order chi connectivity index (χ1) is 17.2. The number of nitrogens with zero attached hydrogens (tertiary/aromatic N) is 5. The molecule has 0 aliphatic heterocycles. The van der Waals surface area contributed by atoms with E-state index in [9.17, 15) is 4.79 Å². The lowest BCUT2D eigenvalue weighted by Gasteiger charge is -2.33. The van der Waals surface area contributed by atoms with Crippen molar-refractivity contribution in [2.24, 2.45) is 0 Å². The Balaban J connectivity index is 1.74. The smallest absolute Gasteiger partial charge is 0.252 e. The molecule has 0 saturated heterocycles. The number of fused-ring (bicyclic) bond motifs is 1. The highest BCUT2D eigenvalue weighted by molar-refractivity contribution is 5.79. The summed E-state index contributed by atoms with van der Waals surface area (Å²) in [5, 5.41) is 14.0. The second kappa shape index (κ2) is 10.7. The summed E-state index contributed by atoms with van der Waals surface area (Å²) in [6, 6.07) is 16.6. The van der Waals surface area contributed by atoms with Gasteiger partial charge in [-0.3, -0.25) is 9.69 Å². The van der Waals surface area contributed by atoms with Gasteiger partial charge in [0.1, 0.15) is 0 Å². The lowest BCUT2D eigenvalue weighted by atomic mass is 10.0. The number of nitrogens with one attached hydrogen (secondary N) is 1. The van der Waals surface area contributed by atoms with Crippen LogP contribution in [0.4, 0.5) is 0 Å². The van der Waals surface area contributed by atoms with Crippen LogP contribution in [0.25, 0.3) is 10.9 Å². The molecule has 7 heteroatoms. The van der Waals surface area contributed by atoms with Crippen molar-refractivity contribution in [2.45, 2.75) is 78.9 Å². The maximum absolute atomic E-state index is 13.1. The van der Waals surface area contributed by atoms with Gasteiger partial charge in [0.15, 0.2) is 5.82 Å². The zero-order valence-electron chi connectivity index (χ0n) is 22.4. The number of H-pyrrole nitrogens is 1. The fourth-order valence-electron chi connectivity index (χ4n) is 4.79. The second-order valence-electron chi connectivity index (χ2n) is 10.4. The quantitative estimate of drug-likeness (QED) is 0.321. The molecule has 4 rings (SSSR count). The van der Waals surface area contributed by atoms with E-state index in [1.165, 1.54) is 16.7 Å². The molecule has 0 fully saturated rings. The minimum atomic E-state index is -0.202. The summed E-state index contributed by atoms with van der Waals surface area (Å²) in [4.78, 5) is 18.6. The second-order valence-corrected chi connectivity index (χ2v) is 10.4. The number of pyridine rings is 1. The van der Waals surface area contributed by atoms with Gasteiger partial charge in [-0.15, -0.1) is 5.10 Å². The third-order valence-electron chi connectivity index (χ3n) is 7.44. The summed E-state index contributed by atoms with van der Waals surface area (Å²) in [5.41, 5.74) is 5.13. The fourth-order valence-corrected chi connectivity index (χ4v) is 4.79. The number of hydrogen-bond donors (Lipinski definition) is 1. The molecule has 36 heavy (non-hydrogen) atoms. The van der Waals surface area contributed by atoms with E-state index in [-0.39, 0.29) is 17.1 Å². The predicted octanol–water partition coefficient (Wildman–Crippen LogP) is 5.47. The summed E-state index contributed by atoms with van der Waals surface area (Å²) in [6.45, 7) is 14.2. The van der Waals surface area contributed by atoms with Crippen LogP contribution in [0.5, 0.6) is 0 Å². The van der Waals surface area contributed by atoms with Crippen LogP contribution in [-0.4, -0.2) is 36.6 Å². The zero-order chi connectivity index (χ0) is 25.9. The van der Waals surface area contributed by atoms with Crippen molar-refractivity contribution in [3.05, 3.63) is 87.0 Å². The van der Waals surface area contributed by atoms with Crippen LogP contribution in [0.2, 0.25) is 0 Å². The van der Waals surface area contributed by atoms with E-state index >= 15 is 0 Å². The number of hydrogen-bond acceptors (Lipinski definition) is 5. The number of aromatic nitrogens is 5. The molecule has 7 nitrogen and oxygen atoms in total. The molecule has 0 amide bonds. The van der Waals surface area contributed by atoms with Crippen LogP contribution in [0.3, 0.4) is 0 Å². The predicted molar refractivity (Wildman–Crippen MR) is 145 cm³/mol. The third-order valence-corrected chi connectivity index (χ3v) is 7.44. The average Bonchev–Trinajstić information content (AvgIpc) is 3.35. The van der Waals surface area contributed by atoms with Gasteiger partial charge in [0.25, 0.3) is 5.56 Å². The first-order valence-corrected chi connectivity index (χ1v) is 12.9. The van der Waals surface area contributed by atoms with Crippen molar-refractivity contribution < 1.29 is 0 Å². The van der Waals surface area contributed by atoms with Gasteiger partial charge in [-0.05, 0) is 92.1 Å². The Morgan fingerprint density at radius 2 is 1.83 bits per heavy atom. The van der Waals surface area contributed by atoms with E-state index in [1.54, 1.807) is 0 Å². The van der Waals surface area contributed by atoms with Crippen LogP contribution in [0.1, 0.15) is 74.7 Å². The Hall–Kier alpha value is -3.32. The number of tetrazole rings is 1. The van der Waals surface area contributed by atoms with Crippen LogP contribution in [0, 0.1) is 13.8 Å². The zero-order valence-corrected chi connectivity index (χ0v) is 22.4. The monoisotopic (exact) mass is 486 g/mol. The summed E-state index contributed by atoms with van der Waals surface area (Å²) < 4.78 is 1.97. The lowest BCUT2D eigenvalue weighted by Crippen LogP contribution is -2.37. The Bertz CT molecular complexity index is 1390. The van der Waals surface area contributed by atoms with Gasteiger partial charge in [-0.1, -0.05) is 49.7 Å². The number of benzene rings is 2. The van der Waals surface area contributed by atoms with E-state index in [1.807, 2.05) is 22.9 Å². The van der Waals surface area contributed by atoms with E-state index in [2.05, 4.69) is 97.3 Å². The van der Waals surface area contributed by atoms with Crippen molar-refractivity contribution in [2.75, 3.05) is 6.54 Å². The average molecular weight is 487 g/mol. The molecule has 0 bridgehead atoms. The van der Waals surface area contributed by atoms with E-state index < -0.39 is 0 Å².